The van der Waals surface area contributed by atoms with Gasteiger partial charge >= 0.3 is 0 Å². The lowest BCUT2D eigenvalue weighted by molar-refractivity contribution is 0.302. The van der Waals surface area contributed by atoms with Gasteiger partial charge < -0.3 is 4.74 Å². The van der Waals surface area contributed by atoms with E-state index < -0.39 is 0 Å². The number of rotatable bonds is 5. The molecule has 5 heteroatoms. The normalized spacial score (nSPS) is 11.0. The molecule has 0 heterocycles. The van der Waals surface area contributed by atoms with Gasteiger partial charge in [0.2, 0.25) is 0 Å². The molecule has 0 aliphatic heterocycles. The molecule has 0 saturated heterocycles. The van der Waals surface area contributed by atoms with Crippen LogP contribution in [0.25, 0.3) is 0 Å². The van der Waals surface area contributed by atoms with Gasteiger partial charge in [0, 0.05) is 16.8 Å². The highest BCUT2D eigenvalue weighted by Gasteiger charge is 2.10. The zero-order valence-electron chi connectivity index (χ0n) is 13.1. The van der Waals surface area contributed by atoms with E-state index in [1.165, 1.54) is 0 Å². The molecule has 25 heavy (non-hydrogen) atoms. The van der Waals surface area contributed by atoms with Crippen molar-refractivity contribution in [3.05, 3.63) is 91.8 Å². The van der Waals surface area contributed by atoms with Gasteiger partial charge in [-0.1, -0.05) is 48.0 Å². The fourth-order valence-electron chi connectivity index (χ4n) is 2.22. The lowest BCUT2D eigenvalue weighted by atomic mass is 10.2. The minimum absolute atomic E-state index is 0.397. The van der Waals surface area contributed by atoms with Crippen molar-refractivity contribution in [3.63, 3.8) is 0 Å². The Morgan fingerprint density at radius 3 is 2.24 bits per heavy atom. The van der Waals surface area contributed by atoms with Gasteiger partial charge in [0.1, 0.15) is 12.4 Å². The van der Waals surface area contributed by atoms with E-state index in [0.29, 0.717) is 11.6 Å². The van der Waals surface area contributed by atoms with E-state index in [1.807, 2.05) is 72.9 Å². The van der Waals surface area contributed by atoms with Crippen LogP contribution in [0.15, 0.2) is 80.7 Å². The second kappa shape index (κ2) is 8.65. The van der Waals surface area contributed by atoms with Crippen molar-refractivity contribution in [2.75, 3.05) is 0 Å². The molecular weight excluding hydrogens is 465 g/mol. The summed E-state index contributed by atoms with van der Waals surface area (Å²) in [5.41, 5.74) is 2.82. The maximum absolute atomic E-state index is 6.17. The summed E-state index contributed by atoms with van der Waals surface area (Å²) in [7, 11) is 0. The molecule has 0 atom stereocenters. The van der Waals surface area contributed by atoms with Crippen LogP contribution in [-0.2, 0) is 6.61 Å². The van der Waals surface area contributed by atoms with Gasteiger partial charge in [-0.2, -0.15) is 0 Å². The summed E-state index contributed by atoms with van der Waals surface area (Å²) in [5, 5.41) is 0.696. The van der Waals surface area contributed by atoms with Crippen LogP contribution in [0.1, 0.15) is 11.1 Å². The van der Waals surface area contributed by atoms with Gasteiger partial charge in [-0.05, 0) is 67.8 Å². The summed E-state index contributed by atoms with van der Waals surface area (Å²) in [6.07, 6.45) is 1.82. The molecule has 0 fully saturated rings. The zero-order valence-corrected chi connectivity index (χ0v) is 17.1. The van der Waals surface area contributed by atoms with Crippen LogP contribution in [0.2, 0.25) is 5.02 Å². The van der Waals surface area contributed by atoms with E-state index in [2.05, 4.69) is 36.9 Å². The Morgan fingerprint density at radius 2 is 1.56 bits per heavy atom. The minimum Gasteiger partial charge on any atom is -0.486 e. The van der Waals surface area contributed by atoms with Crippen LogP contribution in [0.4, 0.5) is 5.69 Å². The van der Waals surface area contributed by atoms with Crippen LogP contribution in [0.3, 0.4) is 0 Å². The average molecular weight is 480 g/mol. The fraction of sp³-hybridized carbons (Fsp3) is 0.0500. The van der Waals surface area contributed by atoms with Crippen LogP contribution in [-0.4, -0.2) is 6.21 Å². The summed E-state index contributed by atoms with van der Waals surface area (Å²) < 4.78 is 7.63. The van der Waals surface area contributed by atoms with Crippen LogP contribution in [0, 0.1) is 0 Å². The van der Waals surface area contributed by atoms with Crippen molar-refractivity contribution in [2.24, 2.45) is 4.99 Å². The number of hydrogen-bond acceptors (Lipinski definition) is 2. The molecule has 0 aliphatic carbocycles. The first-order valence-corrected chi connectivity index (χ1v) is 9.54. The summed E-state index contributed by atoms with van der Waals surface area (Å²) in [6.45, 7) is 0.397. The molecule has 0 bridgehead atoms. The van der Waals surface area contributed by atoms with Crippen molar-refractivity contribution in [3.8, 4) is 5.75 Å². The van der Waals surface area contributed by atoms with E-state index in [0.717, 1.165) is 31.5 Å². The predicted molar refractivity (Wildman–Crippen MR) is 111 cm³/mol. The lowest BCUT2D eigenvalue weighted by Crippen LogP contribution is -1.98. The molecule has 0 aliphatic rings. The Bertz CT molecular complexity index is 874. The van der Waals surface area contributed by atoms with Gasteiger partial charge in [-0.25, -0.2) is 0 Å². The van der Waals surface area contributed by atoms with Crippen molar-refractivity contribution in [1.29, 1.82) is 0 Å². The number of halogens is 3. The second-order valence-corrected chi connectivity index (χ2v) is 7.40. The van der Waals surface area contributed by atoms with Gasteiger partial charge in [-0.3, -0.25) is 4.99 Å². The molecule has 0 spiro atoms. The Kier molecular flexibility index (Phi) is 6.29. The molecule has 2 nitrogen and oxygen atoms in total. The van der Waals surface area contributed by atoms with Crippen LogP contribution < -0.4 is 4.74 Å². The van der Waals surface area contributed by atoms with E-state index in [-0.39, 0.29) is 0 Å². The molecule has 0 radical (unpaired) electrons. The molecule has 3 aromatic carbocycles. The SMILES string of the molecule is Clc1ccccc1COc1c(Br)cc(C=Nc2ccccc2)cc1Br. The smallest absolute Gasteiger partial charge is 0.148 e. The minimum atomic E-state index is 0.397. The first-order chi connectivity index (χ1) is 12.1. The monoisotopic (exact) mass is 477 g/mol. The third-order valence-corrected chi connectivity index (χ3v) is 5.02. The molecule has 0 saturated carbocycles. The van der Waals surface area contributed by atoms with Gasteiger partial charge in [0.15, 0.2) is 0 Å². The Labute approximate surface area is 168 Å². The third-order valence-electron chi connectivity index (χ3n) is 3.47. The van der Waals surface area contributed by atoms with Gasteiger partial charge in [0.25, 0.3) is 0 Å². The third kappa shape index (κ3) is 4.94. The molecule has 0 N–H and O–H groups in total. The largest absolute Gasteiger partial charge is 0.486 e. The zero-order chi connectivity index (χ0) is 17.6. The topological polar surface area (TPSA) is 21.6 Å². The molecule has 3 aromatic rings. The second-order valence-electron chi connectivity index (χ2n) is 5.29. The van der Waals surface area contributed by atoms with Crippen molar-refractivity contribution >= 4 is 55.4 Å². The van der Waals surface area contributed by atoms with E-state index in [4.69, 9.17) is 16.3 Å². The molecule has 3 rings (SSSR count). The van der Waals surface area contributed by atoms with E-state index in [9.17, 15) is 0 Å². The summed E-state index contributed by atoms with van der Waals surface area (Å²) in [5.74, 6) is 0.733. The molecule has 0 aromatic heterocycles. The van der Waals surface area contributed by atoms with Crippen LogP contribution in [0.5, 0.6) is 5.75 Å². The van der Waals surface area contributed by atoms with Crippen LogP contribution >= 0.6 is 43.5 Å². The summed E-state index contributed by atoms with van der Waals surface area (Å²) >= 11 is 13.3. The number of aliphatic imine (C=N–C) groups is 1. The molecule has 126 valence electrons. The maximum Gasteiger partial charge on any atom is 0.148 e. The first-order valence-electron chi connectivity index (χ1n) is 7.58. The maximum atomic E-state index is 6.17. The summed E-state index contributed by atoms with van der Waals surface area (Å²) in [6, 6.07) is 21.4. The average Bonchev–Trinajstić information content (AvgIpc) is 2.61. The van der Waals surface area contributed by atoms with Gasteiger partial charge in [-0.15, -0.1) is 0 Å². The molecule has 0 amide bonds. The highest BCUT2D eigenvalue weighted by atomic mass is 79.9. The Balaban J connectivity index is 1.76. The van der Waals surface area contributed by atoms with Crippen molar-refractivity contribution in [2.45, 2.75) is 6.61 Å². The lowest BCUT2D eigenvalue weighted by Gasteiger charge is -2.12. The standard InChI is InChI=1S/C20H14Br2ClNO/c21-17-10-14(12-24-16-7-2-1-3-8-16)11-18(22)20(17)25-13-15-6-4-5-9-19(15)23/h1-12H,13H2. The molecule has 0 unspecified atom stereocenters. The number of nitrogens with zero attached hydrogens (tertiary/aromatic N) is 1. The number of benzene rings is 3. The number of hydrogen-bond donors (Lipinski definition) is 0. The van der Waals surface area contributed by atoms with Gasteiger partial charge in [0.05, 0.1) is 14.6 Å². The van der Waals surface area contributed by atoms with E-state index >= 15 is 0 Å². The molecular formula is C20H14Br2ClNO. The predicted octanol–water partition coefficient (Wildman–Crippen LogP) is 7.19. The number of para-hydroxylation sites is 1. The Hall–Kier alpha value is -1.62. The fourth-order valence-corrected chi connectivity index (χ4v) is 3.86. The number of ether oxygens (including phenoxy) is 1. The summed E-state index contributed by atoms with van der Waals surface area (Å²) in [4.78, 5) is 4.47. The highest BCUT2D eigenvalue weighted by Crippen LogP contribution is 2.35. The van der Waals surface area contributed by atoms with Crippen molar-refractivity contribution < 1.29 is 4.74 Å². The van der Waals surface area contributed by atoms with E-state index in [1.54, 1.807) is 0 Å². The Morgan fingerprint density at radius 1 is 0.920 bits per heavy atom. The van der Waals surface area contributed by atoms with Crippen molar-refractivity contribution in [1.82, 2.24) is 0 Å². The quantitative estimate of drug-likeness (QED) is 0.355. The highest BCUT2D eigenvalue weighted by molar-refractivity contribution is 9.11. The first kappa shape index (κ1) is 18.2.